The first-order chi connectivity index (χ1) is 9.16. The number of rotatable bonds is 5. The number of hydrogen-bond acceptors (Lipinski definition) is 3. The Morgan fingerprint density at radius 3 is 2.79 bits per heavy atom. The number of aliphatic hydroxyl groups is 1. The van der Waals surface area contributed by atoms with Crippen molar-refractivity contribution in [3.05, 3.63) is 64.4 Å². The average Bonchev–Trinajstić information content (AvgIpc) is 2.45. The first-order valence-electron chi connectivity index (χ1n) is 6.24. The number of pyridine rings is 1. The number of hydrogen-bond donors (Lipinski definition) is 2. The van der Waals surface area contributed by atoms with Crippen molar-refractivity contribution in [1.82, 2.24) is 10.3 Å². The third-order valence-electron chi connectivity index (χ3n) is 2.98. The second kappa shape index (κ2) is 6.80. The normalized spacial score (nSPS) is 14.1. The van der Waals surface area contributed by atoms with Crippen LogP contribution >= 0.6 is 15.9 Å². The van der Waals surface area contributed by atoms with Crippen LogP contribution in [-0.2, 0) is 0 Å². The summed E-state index contributed by atoms with van der Waals surface area (Å²) >= 11 is 3.41. The van der Waals surface area contributed by atoms with Gasteiger partial charge in [-0.05, 0) is 36.8 Å². The van der Waals surface area contributed by atoms with E-state index in [0.717, 1.165) is 15.7 Å². The van der Waals surface area contributed by atoms with Crippen LogP contribution in [0.5, 0.6) is 0 Å². The zero-order chi connectivity index (χ0) is 13.7. The summed E-state index contributed by atoms with van der Waals surface area (Å²) in [5, 5.41) is 13.4. The predicted molar refractivity (Wildman–Crippen MR) is 79.8 cm³/mol. The molecule has 2 aromatic rings. The lowest BCUT2D eigenvalue weighted by molar-refractivity contribution is 0.170. The van der Waals surface area contributed by atoms with Crippen molar-refractivity contribution in [2.75, 3.05) is 6.54 Å². The zero-order valence-electron chi connectivity index (χ0n) is 10.8. The van der Waals surface area contributed by atoms with E-state index in [9.17, 15) is 5.11 Å². The fourth-order valence-electron chi connectivity index (χ4n) is 1.86. The maximum Gasteiger partial charge on any atom is 0.0914 e. The number of aromatic nitrogens is 1. The SMILES string of the molecule is CC(NCC(O)c1cccc(Br)c1)c1ccccn1. The van der Waals surface area contributed by atoms with Crippen molar-refractivity contribution in [3.63, 3.8) is 0 Å². The van der Waals surface area contributed by atoms with Gasteiger partial charge >= 0.3 is 0 Å². The Morgan fingerprint density at radius 1 is 1.26 bits per heavy atom. The highest BCUT2D eigenvalue weighted by Gasteiger charge is 2.11. The van der Waals surface area contributed by atoms with Gasteiger partial charge in [-0.25, -0.2) is 0 Å². The lowest BCUT2D eigenvalue weighted by Crippen LogP contribution is -2.25. The molecule has 4 heteroatoms. The van der Waals surface area contributed by atoms with Gasteiger partial charge < -0.3 is 10.4 Å². The molecule has 0 spiro atoms. The summed E-state index contributed by atoms with van der Waals surface area (Å²) in [5.41, 5.74) is 1.87. The van der Waals surface area contributed by atoms with Crippen LogP contribution in [-0.4, -0.2) is 16.6 Å². The van der Waals surface area contributed by atoms with Crippen LogP contribution < -0.4 is 5.32 Å². The lowest BCUT2D eigenvalue weighted by Gasteiger charge is -2.17. The second-order valence-electron chi connectivity index (χ2n) is 4.46. The largest absolute Gasteiger partial charge is 0.387 e. The van der Waals surface area contributed by atoms with Gasteiger partial charge in [0.2, 0.25) is 0 Å². The second-order valence-corrected chi connectivity index (χ2v) is 5.37. The van der Waals surface area contributed by atoms with Gasteiger partial charge in [0.15, 0.2) is 0 Å². The summed E-state index contributed by atoms with van der Waals surface area (Å²) < 4.78 is 0.974. The van der Waals surface area contributed by atoms with E-state index in [1.807, 2.05) is 49.4 Å². The third kappa shape index (κ3) is 4.13. The van der Waals surface area contributed by atoms with E-state index in [2.05, 4.69) is 26.2 Å². The Labute approximate surface area is 121 Å². The summed E-state index contributed by atoms with van der Waals surface area (Å²) in [4.78, 5) is 4.29. The Hall–Kier alpha value is -1.23. The molecule has 1 heterocycles. The number of nitrogens with zero attached hydrogens (tertiary/aromatic N) is 1. The van der Waals surface area contributed by atoms with Gasteiger partial charge in [-0.1, -0.05) is 34.1 Å². The standard InChI is InChI=1S/C15H17BrN2O/c1-11(14-7-2-3-8-17-14)18-10-15(19)12-5-4-6-13(16)9-12/h2-9,11,15,18-19H,10H2,1H3. The Balaban J connectivity index is 1.92. The van der Waals surface area contributed by atoms with E-state index in [0.29, 0.717) is 6.54 Å². The maximum absolute atomic E-state index is 10.1. The molecule has 0 saturated heterocycles. The average molecular weight is 321 g/mol. The Morgan fingerprint density at radius 2 is 2.11 bits per heavy atom. The molecular weight excluding hydrogens is 304 g/mol. The van der Waals surface area contributed by atoms with E-state index >= 15 is 0 Å². The molecule has 0 aliphatic carbocycles. The van der Waals surface area contributed by atoms with Gasteiger partial charge in [-0.15, -0.1) is 0 Å². The Kier molecular flexibility index (Phi) is 5.07. The van der Waals surface area contributed by atoms with Crippen molar-refractivity contribution in [3.8, 4) is 0 Å². The van der Waals surface area contributed by atoms with Gasteiger partial charge in [0.25, 0.3) is 0 Å². The molecule has 0 amide bonds. The topological polar surface area (TPSA) is 45.1 Å². The molecule has 19 heavy (non-hydrogen) atoms. The van der Waals surface area contributed by atoms with Crippen LogP contribution in [0.15, 0.2) is 53.1 Å². The lowest BCUT2D eigenvalue weighted by atomic mass is 10.1. The summed E-state index contributed by atoms with van der Waals surface area (Å²) in [6, 6.07) is 13.7. The van der Waals surface area contributed by atoms with Crippen LogP contribution in [0.25, 0.3) is 0 Å². The van der Waals surface area contributed by atoms with E-state index in [1.54, 1.807) is 6.20 Å². The highest BCUT2D eigenvalue weighted by molar-refractivity contribution is 9.10. The van der Waals surface area contributed by atoms with Crippen LogP contribution in [0.4, 0.5) is 0 Å². The van der Waals surface area contributed by atoms with Crippen molar-refractivity contribution in [1.29, 1.82) is 0 Å². The molecule has 2 unspecified atom stereocenters. The van der Waals surface area contributed by atoms with Crippen LogP contribution in [0, 0.1) is 0 Å². The van der Waals surface area contributed by atoms with E-state index < -0.39 is 6.10 Å². The predicted octanol–water partition coefficient (Wildman–Crippen LogP) is 3.23. The number of halogens is 1. The van der Waals surface area contributed by atoms with Gasteiger partial charge in [0.1, 0.15) is 0 Å². The molecule has 0 aliphatic heterocycles. The number of nitrogens with one attached hydrogen (secondary N) is 1. The molecule has 0 radical (unpaired) electrons. The number of benzene rings is 1. The summed E-state index contributed by atoms with van der Waals surface area (Å²) in [6.07, 6.45) is 1.25. The first-order valence-corrected chi connectivity index (χ1v) is 7.04. The first kappa shape index (κ1) is 14.2. The summed E-state index contributed by atoms with van der Waals surface area (Å²) in [7, 11) is 0. The number of aliphatic hydroxyl groups excluding tert-OH is 1. The van der Waals surface area contributed by atoms with Gasteiger partial charge in [0, 0.05) is 23.3 Å². The molecule has 2 rings (SSSR count). The molecule has 0 aliphatic rings. The van der Waals surface area contributed by atoms with Crippen molar-refractivity contribution in [2.24, 2.45) is 0 Å². The molecule has 1 aromatic heterocycles. The molecule has 2 N–H and O–H groups in total. The third-order valence-corrected chi connectivity index (χ3v) is 3.48. The molecule has 1 aromatic carbocycles. The fraction of sp³-hybridized carbons (Fsp3) is 0.267. The highest BCUT2D eigenvalue weighted by atomic mass is 79.9. The maximum atomic E-state index is 10.1. The summed E-state index contributed by atoms with van der Waals surface area (Å²) in [6.45, 7) is 2.53. The van der Waals surface area contributed by atoms with Crippen molar-refractivity contribution < 1.29 is 5.11 Å². The van der Waals surface area contributed by atoms with E-state index in [1.165, 1.54) is 0 Å². The Bertz CT molecular complexity index is 519. The van der Waals surface area contributed by atoms with Crippen LogP contribution in [0.2, 0.25) is 0 Å². The van der Waals surface area contributed by atoms with E-state index in [4.69, 9.17) is 0 Å². The highest BCUT2D eigenvalue weighted by Crippen LogP contribution is 2.18. The molecule has 2 atom stereocenters. The van der Waals surface area contributed by atoms with E-state index in [-0.39, 0.29) is 6.04 Å². The molecule has 0 saturated carbocycles. The molecule has 100 valence electrons. The van der Waals surface area contributed by atoms with Crippen molar-refractivity contribution in [2.45, 2.75) is 19.1 Å². The quantitative estimate of drug-likeness (QED) is 0.889. The van der Waals surface area contributed by atoms with Gasteiger partial charge in [-0.2, -0.15) is 0 Å². The zero-order valence-corrected chi connectivity index (χ0v) is 12.3. The fourth-order valence-corrected chi connectivity index (χ4v) is 2.27. The minimum atomic E-state index is -0.524. The van der Waals surface area contributed by atoms with Gasteiger partial charge in [-0.3, -0.25) is 4.98 Å². The molecular formula is C15H17BrN2O. The monoisotopic (exact) mass is 320 g/mol. The molecule has 0 fully saturated rings. The minimum Gasteiger partial charge on any atom is -0.387 e. The smallest absolute Gasteiger partial charge is 0.0914 e. The molecule has 0 bridgehead atoms. The minimum absolute atomic E-state index is 0.114. The van der Waals surface area contributed by atoms with Gasteiger partial charge in [0.05, 0.1) is 11.8 Å². The van der Waals surface area contributed by atoms with Crippen LogP contribution in [0.1, 0.15) is 30.3 Å². The van der Waals surface area contributed by atoms with Crippen LogP contribution in [0.3, 0.4) is 0 Å². The summed E-state index contributed by atoms with van der Waals surface area (Å²) in [5.74, 6) is 0. The van der Waals surface area contributed by atoms with Crippen molar-refractivity contribution >= 4 is 15.9 Å². The molecule has 3 nitrogen and oxygen atoms in total.